The minimum Gasteiger partial charge on any atom is -0.267 e. The highest BCUT2D eigenvalue weighted by Gasteiger charge is 2.38. The first-order valence-corrected chi connectivity index (χ1v) is 9.42. The van der Waals surface area contributed by atoms with E-state index in [-0.39, 0.29) is 0 Å². The quantitative estimate of drug-likeness (QED) is 0.715. The number of allylic oxidation sites excluding steroid dienone is 4. The summed E-state index contributed by atoms with van der Waals surface area (Å²) >= 11 is 0. The molecule has 2 heterocycles. The van der Waals surface area contributed by atoms with Crippen LogP contribution in [0.3, 0.4) is 0 Å². The fourth-order valence-electron chi connectivity index (χ4n) is 4.69. The van der Waals surface area contributed by atoms with Crippen LogP contribution in [0.1, 0.15) is 47.7 Å². The smallest absolute Gasteiger partial charge is 0.263 e. The van der Waals surface area contributed by atoms with Gasteiger partial charge in [-0.15, -0.1) is 0 Å². The van der Waals surface area contributed by atoms with Gasteiger partial charge in [0.2, 0.25) is 0 Å². The second-order valence-electron chi connectivity index (χ2n) is 7.94. The molecule has 1 aliphatic heterocycles. The molecule has 4 rings (SSSR count). The van der Waals surface area contributed by atoms with E-state index in [9.17, 15) is 0 Å². The van der Waals surface area contributed by atoms with E-state index in [1.807, 2.05) is 0 Å². The van der Waals surface area contributed by atoms with E-state index in [0.29, 0.717) is 12.6 Å². The Morgan fingerprint density at radius 2 is 1.76 bits per heavy atom. The zero-order chi connectivity index (χ0) is 17.7. The normalized spacial score (nSPS) is 19.1. The molecule has 0 saturated carbocycles. The maximum absolute atomic E-state index is 5.01. The Morgan fingerprint density at radius 3 is 2.48 bits per heavy atom. The van der Waals surface area contributed by atoms with Gasteiger partial charge in [0.25, 0.3) is 6.71 Å². The number of aryl methyl sites for hydroxylation is 4. The molecule has 0 N–H and O–H groups in total. The second kappa shape index (κ2) is 6.02. The SMILES string of the molecule is Cc1cc(C)c(B2C3=C(C=CC(C)CC3)c3ccc(C)nc32)c(C)c1. The molecule has 2 aromatic rings. The Morgan fingerprint density at radius 1 is 1.04 bits per heavy atom. The van der Waals surface area contributed by atoms with E-state index in [0.717, 1.165) is 12.1 Å². The summed E-state index contributed by atoms with van der Waals surface area (Å²) in [5.41, 5.74) is 12.3. The third-order valence-corrected chi connectivity index (χ3v) is 5.81. The van der Waals surface area contributed by atoms with Crippen molar-refractivity contribution in [2.24, 2.45) is 5.92 Å². The summed E-state index contributed by atoms with van der Waals surface area (Å²) in [6, 6.07) is 9.09. The highest BCUT2D eigenvalue weighted by Crippen LogP contribution is 2.35. The molecule has 1 unspecified atom stereocenters. The van der Waals surface area contributed by atoms with E-state index in [4.69, 9.17) is 4.98 Å². The lowest BCUT2D eigenvalue weighted by atomic mass is 9.37. The molecule has 1 aliphatic carbocycles. The van der Waals surface area contributed by atoms with Crippen molar-refractivity contribution >= 4 is 23.3 Å². The number of benzene rings is 1. The molecule has 2 aliphatic rings. The Balaban J connectivity index is 1.98. The predicted molar refractivity (Wildman–Crippen MR) is 109 cm³/mol. The molecule has 0 fully saturated rings. The fourth-order valence-corrected chi connectivity index (χ4v) is 4.69. The molecule has 1 aromatic heterocycles. The van der Waals surface area contributed by atoms with Gasteiger partial charge in [-0.25, -0.2) is 0 Å². The number of nitrogens with zero attached hydrogens (tertiary/aromatic N) is 1. The fraction of sp³-hybridized carbons (Fsp3) is 0.348. The van der Waals surface area contributed by atoms with Crippen molar-refractivity contribution in [1.82, 2.24) is 4.98 Å². The third-order valence-electron chi connectivity index (χ3n) is 5.81. The van der Waals surface area contributed by atoms with Gasteiger partial charge in [-0.2, -0.15) is 0 Å². The van der Waals surface area contributed by atoms with Crippen molar-refractivity contribution in [3.05, 3.63) is 69.8 Å². The summed E-state index contributed by atoms with van der Waals surface area (Å²) < 4.78 is 0. The van der Waals surface area contributed by atoms with E-state index >= 15 is 0 Å². The summed E-state index contributed by atoms with van der Waals surface area (Å²) in [6.45, 7) is 11.5. The van der Waals surface area contributed by atoms with Crippen LogP contribution in [-0.4, -0.2) is 11.7 Å². The molecule has 1 atom stereocenters. The number of hydrogen-bond donors (Lipinski definition) is 0. The van der Waals surface area contributed by atoms with Gasteiger partial charge in [0.05, 0.1) is 0 Å². The Kier molecular flexibility index (Phi) is 3.94. The van der Waals surface area contributed by atoms with Gasteiger partial charge in [0.1, 0.15) is 0 Å². The minimum atomic E-state index is 0.320. The zero-order valence-electron chi connectivity index (χ0n) is 16.0. The first-order valence-electron chi connectivity index (χ1n) is 9.42. The third kappa shape index (κ3) is 2.68. The number of hydrogen-bond acceptors (Lipinski definition) is 1. The van der Waals surface area contributed by atoms with Crippen LogP contribution in [0, 0.1) is 33.6 Å². The first-order chi connectivity index (χ1) is 12.0. The van der Waals surface area contributed by atoms with Crippen LogP contribution in [0.4, 0.5) is 0 Å². The molecule has 0 bridgehead atoms. The Bertz CT molecular complexity index is 897. The van der Waals surface area contributed by atoms with Gasteiger partial charge in [0, 0.05) is 11.3 Å². The maximum atomic E-state index is 5.01. The van der Waals surface area contributed by atoms with Crippen LogP contribution in [0.25, 0.3) is 5.57 Å². The van der Waals surface area contributed by atoms with Crippen molar-refractivity contribution in [2.75, 3.05) is 0 Å². The second-order valence-corrected chi connectivity index (χ2v) is 7.94. The van der Waals surface area contributed by atoms with Crippen LogP contribution in [-0.2, 0) is 0 Å². The van der Waals surface area contributed by atoms with Crippen LogP contribution < -0.4 is 11.1 Å². The van der Waals surface area contributed by atoms with Gasteiger partial charge in [0.15, 0.2) is 0 Å². The molecule has 0 radical (unpaired) electrons. The summed E-state index contributed by atoms with van der Waals surface area (Å²) in [6.07, 6.45) is 7.13. The van der Waals surface area contributed by atoms with Crippen LogP contribution >= 0.6 is 0 Å². The Hall–Kier alpha value is -2.09. The lowest BCUT2D eigenvalue weighted by Crippen LogP contribution is -2.47. The molecule has 0 spiro atoms. The van der Waals surface area contributed by atoms with Gasteiger partial charge in [-0.3, -0.25) is 4.98 Å². The van der Waals surface area contributed by atoms with Crippen molar-refractivity contribution in [3.8, 4) is 0 Å². The van der Waals surface area contributed by atoms with Crippen LogP contribution in [0.15, 0.2) is 41.9 Å². The summed E-state index contributed by atoms with van der Waals surface area (Å²) in [5, 5.41) is 0. The Labute approximate surface area is 152 Å². The van der Waals surface area contributed by atoms with Crippen LogP contribution in [0.5, 0.6) is 0 Å². The monoisotopic (exact) mass is 327 g/mol. The van der Waals surface area contributed by atoms with E-state index in [2.05, 4.69) is 71.0 Å². The number of pyridine rings is 1. The molecule has 126 valence electrons. The maximum Gasteiger partial charge on any atom is 0.263 e. The molecule has 2 heteroatoms. The molecule has 1 nitrogen and oxygen atoms in total. The van der Waals surface area contributed by atoms with Crippen molar-refractivity contribution in [2.45, 2.75) is 47.5 Å². The minimum absolute atomic E-state index is 0.320. The summed E-state index contributed by atoms with van der Waals surface area (Å²) in [7, 11) is 0. The average Bonchev–Trinajstić information content (AvgIpc) is 2.69. The van der Waals surface area contributed by atoms with Gasteiger partial charge in [-0.1, -0.05) is 64.9 Å². The average molecular weight is 327 g/mol. The largest absolute Gasteiger partial charge is 0.267 e. The van der Waals surface area contributed by atoms with Crippen LogP contribution in [0.2, 0.25) is 0 Å². The topological polar surface area (TPSA) is 12.9 Å². The van der Waals surface area contributed by atoms with Crippen molar-refractivity contribution in [3.63, 3.8) is 0 Å². The molecular formula is C23H26BN. The standard InChI is InChI=1S/C23H26BN/c1-14-6-9-19-20-10-8-18(5)25-23(20)24(21(19)11-7-14)22-16(3)12-15(2)13-17(22)4/h6,8-10,12-14H,7,11H2,1-5H3. The van der Waals surface area contributed by atoms with E-state index < -0.39 is 0 Å². The van der Waals surface area contributed by atoms with Crippen molar-refractivity contribution in [1.29, 1.82) is 0 Å². The molecule has 0 amide bonds. The summed E-state index contributed by atoms with van der Waals surface area (Å²) in [5.74, 6) is 0.647. The van der Waals surface area contributed by atoms with Crippen molar-refractivity contribution < 1.29 is 0 Å². The number of rotatable bonds is 1. The molecule has 25 heavy (non-hydrogen) atoms. The van der Waals surface area contributed by atoms with Gasteiger partial charge in [-0.05, 0) is 63.7 Å². The number of aromatic nitrogens is 1. The lowest BCUT2D eigenvalue weighted by Gasteiger charge is -2.20. The highest BCUT2D eigenvalue weighted by molar-refractivity contribution is 6.93. The number of fused-ring (bicyclic) bond motifs is 2. The van der Waals surface area contributed by atoms with E-state index in [1.165, 1.54) is 45.3 Å². The zero-order valence-corrected chi connectivity index (χ0v) is 16.0. The van der Waals surface area contributed by atoms with Gasteiger partial charge >= 0.3 is 0 Å². The molecular weight excluding hydrogens is 301 g/mol. The first kappa shape index (κ1) is 16.4. The summed E-state index contributed by atoms with van der Waals surface area (Å²) in [4.78, 5) is 5.01. The predicted octanol–water partition coefficient (Wildman–Crippen LogP) is 4.22. The highest BCUT2D eigenvalue weighted by atomic mass is 14.7. The van der Waals surface area contributed by atoms with E-state index in [1.54, 1.807) is 5.47 Å². The molecule has 0 saturated heterocycles. The lowest BCUT2D eigenvalue weighted by molar-refractivity contribution is 0.658. The van der Waals surface area contributed by atoms with Gasteiger partial charge < -0.3 is 0 Å². The molecule has 1 aromatic carbocycles.